The second-order valence-electron chi connectivity index (χ2n) is 9.48. The van der Waals surface area contributed by atoms with Crippen molar-refractivity contribution in [3.63, 3.8) is 0 Å². The number of aromatic nitrogens is 2. The van der Waals surface area contributed by atoms with Gasteiger partial charge in [-0.05, 0) is 59.2 Å². The predicted molar refractivity (Wildman–Crippen MR) is 132 cm³/mol. The van der Waals surface area contributed by atoms with Crippen LogP contribution in [-0.2, 0) is 11.0 Å². The lowest BCUT2D eigenvalue weighted by Crippen LogP contribution is -2.35. The van der Waals surface area contributed by atoms with Crippen LogP contribution >= 0.6 is 11.3 Å². The van der Waals surface area contributed by atoms with E-state index >= 15 is 0 Å². The first kappa shape index (κ1) is 25.7. The third kappa shape index (κ3) is 6.63. The van der Waals surface area contributed by atoms with Gasteiger partial charge >= 0.3 is 6.18 Å². The van der Waals surface area contributed by atoms with Crippen LogP contribution < -0.4 is 16.0 Å². The third-order valence-electron chi connectivity index (χ3n) is 6.78. The monoisotopic (exact) mass is 510 g/mol. The maximum atomic E-state index is 13.6. The molecule has 2 aliphatic rings. The van der Waals surface area contributed by atoms with Crippen LogP contribution in [0.5, 0.6) is 0 Å². The first-order valence-electron chi connectivity index (χ1n) is 12.2. The van der Waals surface area contributed by atoms with E-state index in [1.807, 2.05) is 6.92 Å². The molecular weight excluding hydrogens is 477 g/mol. The van der Waals surface area contributed by atoms with E-state index in [9.17, 15) is 18.0 Å². The van der Waals surface area contributed by atoms with Gasteiger partial charge < -0.3 is 20.9 Å². The van der Waals surface area contributed by atoms with E-state index in [1.165, 1.54) is 6.07 Å². The summed E-state index contributed by atoms with van der Waals surface area (Å²) >= 11 is 1.55. The van der Waals surface area contributed by atoms with E-state index in [4.69, 9.17) is 4.98 Å². The molecule has 0 unspecified atom stereocenters. The Bertz CT molecular complexity index is 1020. The highest BCUT2D eigenvalue weighted by molar-refractivity contribution is 7.16. The standard InChI is InChI=1S/C24H33F3N6OS/c1-15-22(35-23(31-15)17-7-11-33(2)12-8-17)32-20-13-19(18(14-30-20)24(25,26)27)28-9-4-10-29-21(34)16-5-3-6-16/h13-14,16-17H,3-12H2,1-2H3,(H,29,34)(H2,28,30,32). The Kier molecular flexibility index (Phi) is 8.16. The fourth-order valence-electron chi connectivity index (χ4n) is 4.31. The SMILES string of the molecule is Cc1nc(C2CCN(C)CC2)sc1Nc1cc(NCCCNC(=O)C2CCC2)c(C(F)(F)F)cn1. The lowest BCUT2D eigenvalue weighted by atomic mass is 9.85. The van der Waals surface area contributed by atoms with Crippen molar-refractivity contribution in [3.8, 4) is 0 Å². The number of thiazole rings is 1. The minimum absolute atomic E-state index is 0.0296. The van der Waals surface area contributed by atoms with Gasteiger partial charge in [-0.1, -0.05) is 6.42 Å². The number of carbonyl (C=O) groups excluding carboxylic acids is 1. The van der Waals surface area contributed by atoms with Crippen molar-refractivity contribution in [2.24, 2.45) is 5.92 Å². The number of anilines is 3. The summed E-state index contributed by atoms with van der Waals surface area (Å²) in [6.45, 7) is 4.70. The summed E-state index contributed by atoms with van der Waals surface area (Å²) in [5, 5.41) is 10.8. The zero-order valence-corrected chi connectivity index (χ0v) is 21.0. The molecule has 0 radical (unpaired) electrons. The number of amides is 1. The minimum atomic E-state index is -4.52. The van der Waals surface area contributed by atoms with Gasteiger partial charge in [0.2, 0.25) is 5.91 Å². The van der Waals surface area contributed by atoms with Crippen molar-refractivity contribution in [1.82, 2.24) is 20.2 Å². The molecule has 1 saturated carbocycles. The van der Waals surface area contributed by atoms with Crippen LogP contribution in [0, 0.1) is 12.8 Å². The predicted octanol–water partition coefficient (Wildman–Crippen LogP) is 5.14. The number of hydrogen-bond acceptors (Lipinski definition) is 7. The van der Waals surface area contributed by atoms with Gasteiger partial charge in [0, 0.05) is 37.2 Å². The van der Waals surface area contributed by atoms with Crippen LogP contribution in [0.1, 0.15) is 60.7 Å². The van der Waals surface area contributed by atoms with E-state index in [-0.39, 0.29) is 17.5 Å². The van der Waals surface area contributed by atoms with Crippen molar-refractivity contribution in [1.29, 1.82) is 0 Å². The summed E-state index contributed by atoms with van der Waals surface area (Å²) in [7, 11) is 2.11. The van der Waals surface area contributed by atoms with Crippen LogP contribution in [0.3, 0.4) is 0 Å². The number of rotatable bonds is 9. The highest BCUT2D eigenvalue weighted by atomic mass is 32.1. The van der Waals surface area contributed by atoms with E-state index in [0.29, 0.717) is 31.2 Å². The van der Waals surface area contributed by atoms with Crippen LogP contribution in [0.15, 0.2) is 12.3 Å². The van der Waals surface area contributed by atoms with Crippen molar-refractivity contribution < 1.29 is 18.0 Å². The summed E-state index contributed by atoms with van der Waals surface area (Å²) in [5.74, 6) is 0.888. The van der Waals surface area contributed by atoms with Crippen LogP contribution in [0.2, 0.25) is 0 Å². The molecule has 1 amide bonds. The molecule has 4 rings (SSSR count). The number of nitrogens with one attached hydrogen (secondary N) is 3. The molecule has 1 aliphatic carbocycles. The highest BCUT2D eigenvalue weighted by Gasteiger charge is 2.34. The molecule has 0 aromatic carbocycles. The number of pyridine rings is 1. The molecule has 1 aliphatic heterocycles. The Balaban J connectivity index is 1.38. The number of hydrogen-bond donors (Lipinski definition) is 3. The van der Waals surface area contributed by atoms with Crippen molar-refractivity contribution >= 4 is 33.8 Å². The zero-order valence-electron chi connectivity index (χ0n) is 20.2. The van der Waals surface area contributed by atoms with Gasteiger partial charge in [-0.2, -0.15) is 13.2 Å². The average molecular weight is 511 g/mol. The van der Waals surface area contributed by atoms with Gasteiger partial charge in [0.15, 0.2) is 0 Å². The fraction of sp³-hybridized carbons (Fsp3) is 0.625. The first-order valence-corrected chi connectivity index (χ1v) is 13.0. The highest BCUT2D eigenvalue weighted by Crippen LogP contribution is 2.38. The molecule has 35 heavy (non-hydrogen) atoms. The molecule has 2 aromatic rings. The van der Waals surface area contributed by atoms with Gasteiger partial charge in [-0.3, -0.25) is 4.79 Å². The molecular formula is C24H33F3N6OS. The van der Waals surface area contributed by atoms with Gasteiger partial charge in [-0.15, -0.1) is 11.3 Å². The van der Waals surface area contributed by atoms with Crippen LogP contribution in [-0.4, -0.2) is 54.0 Å². The smallest absolute Gasteiger partial charge is 0.384 e. The van der Waals surface area contributed by atoms with Crippen molar-refractivity contribution in [2.75, 3.05) is 43.9 Å². The Morgan fingerprint density at radius 3 is 2.60 bits per heavy atom. The Hall–Kier alpha value is -2.40. The van der Waals surface area contributed by atoms with E-state index in [1.54, 1.807) is 11.3 Å². The van der Waals surface area contributed by atoms with E-state index < -0.39 is 11.7 Å². The summed E-state index contributed by atoms with van der Waals surface area (Å²) in [6, 6.07) is 1.39. The van der Waals surface area contributed by atoms with E-state index in [0.717, 1.165) is 67.1 Å². The third-order valence-corrected chi connectivity index (χ3v) is 8.01. The molecule has 2 aromatic heterocycles. The molecule has 2 fully saturated rings. The Morgan fingerprint density at radius 1 is 1.20 bits per heavy atom. The number of aryl methyl sites for hydroxylation is 1. The van der Waals surface area contributed by atoms with Crippen molar-refractivity contribution in [3.05, 3.63) is 28.5 Å². The maximum Gasteiger partial charge on any atom is 0.419 e. The number of nitrogens with zero attached hydrogens (tertiary/aromatic N) is 3. The minimum Gasteiger partial charge on any atom is -0.384 e. The fourth-order valence-corrected chi connectivity index (χ4v) is 5.46. The molecule has 192 valence electrons. The lowest BCUT2D eigenvalue weighted by molar-refractivity contribution is -0.137. The van der Waals surface area contributed by atoms with Gasteiger partial charge in [0.25, 0.3) is 0 Å². The Morgan fingerprint density at radius 2 is 1.94 bits per heavy atom. The number of alkyl halides is 3. The normalized spacial score (nSPS) is 17.7. The van der Waals surface area contributed by atoms with Crippen LogP contribution in [0.25, 0.3) is 0 Å². The first-order chi connectivity index (χ1) is 16.7. The molecule has 3 heterocycles. The zero-order chi connectivity index (χ0) is 25.0. The molecule has 0 atom stereocenters. The molecule has 0 spiro atoms. The quantitative estimate of drug-likeness (QED) is 0.406. The molecule has 3 N–H and O–H groups in total. The van der Waals surface area contributed by atoms with E-state index in [2.05, 4.69) is 32.9 Å². The number of likely N-dealkylation sites (tertiary alicyclic amines) is 1. The summed E-state index contributed by atoms with van der Waals surface area (Å²) in [4.78, 5) is 23.0. The van der Waals surface area contributed by atoms with Crippen LogP contribution in [0.4, 0.5) is 29.7 Å². The second kappa shape index (κ2) is 11.1. The average Bonchev–Trinajstić information content (AvgIpc) is 3.12. The molecule has 1 saturated heterocycles. The van der Waals surface area contributed by atoms with Crippen molar-refractivity contribution in [2.45, 2.75) is 57.5 Å². The Labute approximate surface area is 207 Å². The summed E-state index contributed by atoms with van der Waals surface area (Å²) in [6.07, 6.45) is 1.89. The number of piperidine rings is 1. The second-order valence-corrected chi connectivity index (χ2v) is 10.5. The summed E-state index contributed by atoms with van der Waals surface area (Å²) in [5.41, 5.74) is -0.0186. The topological polar surface area (TPSA) is 82.2 Å². The molecule has 7 nitrogen and oxygen atoms in total. The lowest BCUT2D eigenvalue weighted by Gasteiger charge is -2.27. The summed E-state index contributed by atoms with van der Waals surface area (Å²) < 4.78 is 40.7. The maximum absolute atomic E-state index is 13.6. The molecule has 0 bridgehead atoms. The number of halogens is 3. The largest absolute Gasteiger partial charge is 0.419 e. The van der Waals surface area contributed by atoms with Gasteiger partial charge in [0.05, 0.1) is 22.0 Å². The number of carbonyl (C=O) groups is 1. The molecule has 11 heteroatoms. The van der Waals surface area contributed by atoms with Gasteiger partial charge in [-0.25, -0.2) is 9.97 Å². The van der Waals surface area contributed by atoms with Gasteiger partial charge in [0.1, 0.15) is 10.8 Å².